The normalized spacial score (nSPS) is 17.0. The highest BCUT2D eigenvalue weighted by molar-refractivity contribution is 5.78. The zero-order valence-corrected chi connectivity index (χ0v) is 14.7. The van der Waals surface area contributed by atoms with Crippen molar-refractivity contribution in [1.29, 1.82) is 0 Å². The molecule has 2 aromatic rings. The summed E-state index contributed by atoms with van der Waals surface area (Å²) in [5, 5.41) is 4.41. The number of amides is 1. The fourth-order valence-electron chi connectivity index (χ4n) is 3.40. The minimum Gasteiger partial charge on any atom is -0.484 e. The third-order valence-corrected chi connectivity index (χ3v) is 4.49. The van der Waals surface area contributed by atoms with Crippen LogP contribution in [-0.2, 0) is 11.8 Å². The van der Waals surface area contributed by atoms with E-state index >= 15 is 0 Å². The Morgan fingerprint density at radius 3 is 2.76 bits per heavy atom. The molecule has 0 bridgehead atoms. The standard InChI is InChI=1S/C18H22FN3O3/c1-12-17(18(24-3)21(2)20-12)15-5-4-10-22(15)16(23)11-25-14-8-6-13(19)7-9-14/h6-9,15H,4-5,10-11H2,1-3H3/t15-/m0/s1. The van der Waals surface area contributed by atoms with Gasteiger partial charge in [0.2, 0.25) is 5.88 Å². The quantitative estimate of drug-likeness (QED) is 0.834. The van der Waals surface area contributed by atoms with Gasteiger partial charge in [-0.05, 0) is 44.0 Å². The lowest BCUT2D eigenvalue weighted by molar-refractivity contribution is -0.134. The summed E-state index contributed by atoms with van der Waals surface area (Å²) < 4.78 is 25.6. The van der Waals surface area contributed by atoms with Gasteiger partial charge in [-0.3, -0.25) is 4.79 Å². The number of nitrogens with zero attached hydrogens (tertiary/aromatic N) is 3. The van der Waals surface area contributed by atoms with Gasteiger partial charge in [-0.25, -0.2) is 9.07 Å². The summed E-state index contributed by atoms with van der Waals surface area (Å²) in [6, 6.07) is 5.58. The SMILES string of the molecule is COc1c([C@@H]2CCCN2C(=O)COc2ccc(F)cc2)c(C)nn1C. The van der Waals surface area contributed by atoms with Crippen molar-refractivity contribution in [2.75, 3.05) is 20.3 Å². The van der Waals surface area contributed by atoms with Crippen LogP contribution in [0.15, 0.2) is 24.3 Å². The molecule has 0 unspecified atom stereocenters. The second-order valence-electron chi connectivity index (χ2n) is 6.12. The number of hydrogen-bond acceptors (Lipinski definition) is 4. The molecule has 0 N–H and O–H groups in total. The Kier molecular flexibility index (Phi) is 4.92. The highest BCUT2D eigenvalue weighted by Crippen LogP contribution is 2.38. The van der Waals surface area contributed by atoms with E-state index in [1.54, 1.807) is 11.8 Å². The maximum atomic E-state index is 12.9. The van der Waals surface area contributed by atoms with E-state index in [9.17, 15) is 9.18 Å². The summed E-state index contributed by atoms with van der Waals surface area (Å²) >= 11 is 0. The second-order valence-corrected chi connectivity index (χ2v) is 6.12. The van der Waals surface area contributed by atoms with E-state index in [4.69, 9.17) is 9.47 Å². The van der Waals surface area contributed by atoms with Crippen LogP contribution >= 0.6 is 0 Å². The van der Waals surface area contributed by atoms with Crippen molar-refractivity contribution in [3.8, 4) is 11.6 Å². The van der Waals surface area contributed by atoms with Crippen LogP contribution in [0.1, 0.15) is 30.1 Å². The van der Waals surface area contributed by atoms with Gasteiger partial charge in [0, 0.05) is 13.6 Å². The fourth-order valence-corrected chi connectivity index (χ4v) is 3.40. The number of halogens is 1. The Labute approximate surface area is 146 Å². The lowest BCUT2D eigenvalue weighted by atomic mass is 10.1. The van der Waals surface area contributed by atoms with Gasteiger partial charge in [0.25, 0.3) is 5.91 Å². The fraction of sp³-hybridized carbons (Fsp3) is 0.444. The number of hydrogen-bond donors (Lipinski definition) is 0. The van der Waals surface area contributed by atoms with Crippen LogP contribution in [0, 0.1) is 12.7 Å². The van der Waals surface area contributed by atoms with Crippen LogP contribution in [0.4, 0.5) is 4.39 Å². The van der Waals surface area contributed by atoms with Gasteiger partial charge >= 0.3 is 0 Å². The van der Waals surface area contributed by atoms with Gasteiger partial charge in [-0.15, -0.1) is 0 Å². The molecule has 7 heteroatoms. The molecule has 1 saturated heterocycles. The van der Waals surface area contributed by atoms with E-state index in [2.05, 4.69) is 5.10 Å². The van der Waals surface area contributed by atoms with Crippen LogP contribution in [0.2, 0.25) is 0 Å². The Morgan fingerprint density at radius 1 is 1.36 bits per heavy atom. The molecule has 0 saturated carbocycles. The van der Waals surface area contributed by atoms with Gasteiger partial charge in [0.05, 0.1) is 24.4 Å². The first-order chi connectivity index (χ1) is 12.0. The van der Waals surface area contributed by atoms with Crippen LogP contribution in [-0.4, -0.2) is 40.8 Å². The largest absolute Gasteiger partial charge is 0.484 e. The van der Waals surface area contributed by atoms with E-state index in [0.717, 1.165) is 24.1 Å². The zero-order valence-electron chi connectivity index (χ0n) is 14.7. The molecule has 1 atom stereocenters. The minimum absolute atomic E-state index is 0.0621. The summed E-state index contributed by atoms with van der Waals surface area (Å²) in [5.74, 6) is 0.719. The van der Waals surface area contributed by atoms with Gasteiger partial charge in [0.15, 0.2) is 6.61 Å². The van der Waals surface area contributed by atoms with E-state index in [0.29, 0.717) is 18.2 Å². The van der Waals surface area contributed by atoms with Gasteiger partial charge < -0.3 is 14.4 Å². The van der Waals surface area contributed by atoms with Gasteiger partial charge in [-0.1, -0.05) is 0 Å². The molecular weight excluding hydrogens is 325 g/mol. The van der Waals surface area contributed by atoms with E-state index in [1.165, 1.54) is 24.3 Å². The number of benzene rings is 1. The molecule has 2 heterocycles. The number of aromatic nitrogens is 2. The minimum atomic E-state index is -0.336. The first-order valence-electron chi connectivity index (χ1n) is 8.26. The maximum absolute atomic E-state index is 12.9. The number of carbonyl (C=O) groups excluding carboxylic acids is 1. The molecule has 0 aliphatic carbocycles. The predicted molar refractivity (Wildman–Crippen MR) is 90.1 cm³/mol. The lowest BCUT2D eigenvalue weighted by Crippen LogP contribution is -2.34. The van der Waals surface area contributed by atoms with Crippen molar-refractivity contribution in [3.63, 3.8) is 0 Å². The first kappa shape index (κ1) is 17.3. The van der Waals surface area contributed by atoms with Crippen molar-refractivity contribution in [2.24, 2.45) is 7.05 Å². The number of ether oxygens (including phenoxy) is 2. The summed E-state index contributed by atoms with van der Waals surface area (Å²) in [6.07, 6.45) is 1.79. The predicted octanol–water partition coefficient (Wildman–Crippen LogP) is 2.62. The molecule has 3 rings (SSSR count). The molecule has 1 aliphatic rings. The highest BCUT2D eigenvalue weighted by atomic mass is 19.1. The second kappa shape index (κ2) is 7.13. The van der Waals surface area contributed by atoms with Crippen molar-refractivity contribution < 1.29 is 18.7 Å². The average molecular weight is 347 g/mol. The van der Waals surface area contributed by atoms with Crippen LogP contribution in [0.25, 0.3) is 0 Å². The van der Waals surface area contributed by atoms with Crippen LogP contribution < -0.4 is 9.47 Å². The third kappa shape index (κ3) is 3.45. The molecule has 6 nitrogen and oxygen atoms in total. The van der Waals surface area contributed by atoms with Crippen molar-refractivity contribution >= 4 is 5.91 Å². The first-order valence-corrected chi connectivity index (χ1v) is 8.26. The number of aryl methyl sites for hydroxylation is 2. The monoisotopic (exact) mass is 347 g/mol. The van der Waals surface area contributed by atoms with Crippen LogP contribution in [0.3, 0.4) is 0 Å². The smallest absolute Gasteiger partial charge is 0.261 e. The summed E-state index contributed by atoms with van der Waals surface area (Å²) in [4.78, 5) is 14.5. The molecule has 1 aliphatic heterocycles. The highest BCUT2D eigenvalue weighted by Gasteiger charge is 2.35. The topological polar surface area (TPSA) is 56.6 Å². The van der Waals surface area contributed by atoms with Gasteiger partial charge in [-0.2, -0.15) is 5.10 Å². The zero-order chi connectivity index (χ0) is 18.0. The average Bonchev–Trinajstić information content (AvgIpc) is 3.17. The van der Waals surface area contributed by atoms with Crippen LogP contribution in [0.5, 0.6) is 11.6 Å². The maximum Gasteiger partial charge on any atom is 0.261 e. The number of rotatable bonds is 5. The molecule has 134 valence electrons. The molecule has 0 spiro atoms. The van der Waals surface area contributed by atoms with E-state index < -0.39 is 0 Å². The van der Waals surface area contributed by atoms with Crippen molar-refractivity contribution in [2.45, 2.75) is 25.8 Å². The molecule has 1 aromatic heterocycles. The Balaban J connectivity index is 1.73. The summed E-state index contributed by atoms with van der Waals surface area (Å²) in [6.45, 7) is 2.52. The van der Waals surface area contributed by atoms with Crippen molar-refractivity contribution in [3.05, 3.63) is 41.3 Å². The third-order valence-electron chi connectivity index (χ3n) is 4.49. The molecule has 0 radical (unpaired) electrons. The van der Waals surface area contributed by atoms with Crippen molar-refractivity contribution in [1.82, 2.24) is 14.7 Å². The van der Waals surface area contributed by atoms with E-state index in [1.807, 2.05) is 18.9 Å². The number of carbonyl (C=O) groups is 1. The molecular formula is C18H22FN3O3. The molecule has 1 fully saturated rings. The van der Waals surface area contributed by atoms with E-state index in [-0.39, 0.29) is 24.4 Å². The molecule has 1 amide bonds. The lowest BCUT2D eigenvalue weighted by Gasteiger charge is -2.25. The summed E-state index contributed by atoms with van der Waals surface area (Å²) in [5.41, 5.74) is 1.82. The Hall–Kier alpha value is -2.57. The molecule has 25 heavy (non-hydrogen) atoms. The Bertz CT molecular complexity index is 758. The molecule has 1 aromatic carbocycles. The van der Waals surface area contributed by atoms with Gasteiger partial charge in [0.1, 0.15) is 11.6 Å². The number of likely N-dealkylation sites (tertiary alicyclic amines) is 1. The number of methoxy groups -OCH3 is 1. The Morgan fingerprint density at radius 2 is 2.08 bits per heavy atom. The summed E-state index contributed by atoms with van der Waals surface area (Å²) in [7, 11) is 3.44.